The van der Waals surface area contributed by atoms with Crippen LogP contribution in [0.5, 0.6) is 0 Å². The van der Waals surface area contributed by atoms with Crippen molar-refractivity contribution in [3.8, 4) is 0 Å². The number of piperidine rings is 1. The molecule has 0 bridgehead atoms. The Kier molecular flexibility index (Phi) is 5.68. The fraction of sp³-hybridized carbons (Fsp3) is 0.615. The molecule has 0 N–H and O–H groups in total. The van der Waals surface area contributed by atoms with Gasteiger partial charge in [0.2, 0.25) is 0 Å². The summed E-state index contributed by atoms with van der Waals surface area (Å²) in [5.41, 5.74) is 0. The maximum absolute atomic E-state index is 6.00. The quantitative estimate of drug-likeness (QED) is 0.578. The number of pyridine rings is 1. The topological polar surface area (TPSA) is 34.6 Å². The summed E-state index contributed by atoms with van der Waals surface area (Å²) in [5, 5.41) is 0.707. The Morgan fingerprint density at radius 3 is 2.53 bits per heavy atom. The highest BCUT2D eigenvalue weighted by atomic mass is 127. The van der Waals surface area contributed by atoms with Gasteiger partial charge in [0.05, 0.1) is 5.02 Å². The third-order valence-corrected chi connectivity index (χ3v) is 5.02. The lowest BCUT2D eigenvalue weighted by atomic mass is 9.96. The highest BCUT2D eigenvalue weighted by molar-refractivity contribution is 14.1. The average molecular weight is 397 g/mol. The van der Waals surface area contributed by atoms with Crippen molar-refractivity contribution in [2.75, 3.05) is 32.2 Å². The molecule has 6 heteroatoms. The monoisotopic (exact) mass is 396 g/mol. The van der Waals surface area contributed by atoms with Gasteiger partial charge in [-0.25, -0.2) is 4.98 Å². The zero-order valence-electron chi connectivity index (χ0n) is 11.1. The van der Waals surface area contributed by atoms with E-state index in [-0.39, 0.29) is 6.29 Å². The summed E-state index contributed by atoms with van der Waals surface area (Å²) in [6.07, 6.45) is 3.72. The van der Waals surface area contributed by atoms with E-state index in [0.29, 0.717) is 10.9 Å². The minimum atomic E-state index is -0.0968. The standard InChI is InChI=1S/C13H18ClIN2O2/c1-18-13(19-2)9-3-5-17(6-4-9)12-7-11(15)10(14)8-16-12/h7-9,13H,3-6H2,1-2H3. The molecule has 19 heavy (non-hydrogen) atoms. The number of hydrogen-bond acceptors (Lipinski definition) is 4. The van der Waals surface area contributed by atoms with Crippen LogP contribution in [0.15, 0.2) is 12.3 Å². The number of aromatic nitrogens is 1. The minimum absolute atomic E-state index is 0.0968. The van der Waals surface area contributed by atoms with E-state index in [2.05, 4.69) is 32.5 Å². The van der Waals surface area contributed by atoms with Crippen molar-refractivity contribution in [1.82, 2.24) is 4.98 Å². The van der Waals surface area contributed by atoms with Gasteiger partial charge in [0, 0.05) is 43.0 Å². The van der Waals surface area contributed by atoms with Crippen LogP contribution in [0.2, 0.25) is 5.02 Å². The largest absolute Gasteiger partial charge is 0.357 e. The maximum Gasteiger partial charge on any atom is 0.159 e. The molecule has 0 aliphatic carbocycles. The van der Waals surface area contributed by atoms with E-state index in [0.717, 1.165) is 35.3 Å². The lowest BCUT2D eigenvalue weighted by molar-refractivity contribution is -0.141. The van der Waals surface area contributed by atoms with Gasteiger partial charge in [-0.1, -0.05) is 11.6 Å². The molecule has 1 aromatic rings. The molecular formula is C13H18ClIN2O2. The number of anilines is 1. The van der Waals surface area contributed by atoms with Gasteiger partial charge in [0.1, 0.15) is 5.82 Å². The Bertz CT molecular complexity index is 421. The highest BCUT2D eigenvalue weighted by Gasteiger charge is 2.27. The van der Waals surface area contributed by atoms with Crippen molar-refractivity contribution >= 4 is 40.0 Å². The molecule has 1 aliphatic rings. The lowest BCUT2D eigenvalue weighted by Gasteiger charge is -2.35. The maximum atomic E-state index is 6.00. The molecule has 0 unspecified atom stereocenters. The Labute approximate surface area is 132 Å². The fourth-order valence-electron chi connectivity index (χ4n) is 2.46. The molecule has 1 aliphatic heterocycles. The van der Waals surface area contributed by atoms with E-state index in [1.165, 1.54) is 0 Å². The van der Waals surface area contributed by atoms with Crippen LogP contribution in [-0.2, 0) is 9.47 Å². The van der Waals surface area contributed by atoms with E-state index in [9.17, 15) is 0 Å². The van der Waals surface area contributed by atoms with Crippen molar-refractivity contribution in [2.45, 2.75) is 19.1 Å². The van der Waals surface area contributed by atoms with Crippen molar-refractivity contribution in [2.24, 2.45) is 5.92 Å². The molecular weight excluding hydrogens is 379 g/mol. The van der Waals surface area contributed by atoms with Gasteiger partial charge in [0.15, 0.2) is 6.29 Å². The van der Waals surface area contributed by atoms with Crippen molar-refractivity contribution in [3.05, 3.63) is 20.9 Å². The number of nitrogens with zero attached hydrogens (tertiary/aromatic N) is 2. The molecule has 0 radical (unpaired) electrons. The second-order valence-corrected chi connectivity index (χ2v) is 6.19. The van der Waals surface area contributed by atoms with E-state index >= 15 is 0 Å². The first-order valence-electron chi connectivity index (χ1n) is 6.27. The Morgan fingerprint density at radius 1 is 1.37 bits per heavy atom. The summed E-state index contributed by atoms with van der Waals surface area (Å²) in [6.45, 7) is 1.94. The van der Waals surface area contributed by atoms with Gasteiger partial charge >= 0.3 is 0 Å². The van der Waals surface area contributed by atoms with Crippen LogP contribution in [0, 0.1) is 9.49 Å². The third kappa shape index (κ3) is 3.71. The third-order valence-electron chi connectivity index (χ3n) is 3.51. The molecule has 1 fully saturated rings. The normalized spacial score (nSPS) is 17.2. The minimum Gasteiger partial charge on any atom is -0.357 e. The zero-order chi connectivity index (χ0) is 13.8. The van der Waals surface area contributed by atoms with Gasteiger partial charge in [-0.3, -0.25) is 0 Å². The van der Waals surface area contributed by atoms with Crippen LogP contribution < -0.4 is 4.90 Å². The summed E-state index contributed by atoms with van der Waals surface area (Å²) in [4.78, 5) is 6.69. The predicted molar refractivity (Wildman–Crippen MR) is 84.7 cm³/mol. The van der Waals surface area contributed by atoms with Crippen LogP contribution in [0.3, 0.4) is 0 Å². The van der Waals surface area contributed by atoms with Crippen molar-refractivity contribution < 1.29 is 9.47 Å². The molecule has 1 saturated heterocycles. The predicted octanol–water partition coefficient (Wildman–Crippen LogP) is 3.17. The number of methoxy groups -OCH3 is 2. The van der Waals surface area contributed by atoms with Crippen LogP contribution in [-0.4, -0.2) is 38.6 Å². The molecule has 4 nitrogen and oxygen atoms in total. The van der Waals surface area contributed by atoms with E-state index in [1.807, 2.05) is 6.07 Å². The van der Waals surface area contributed by atoms with E-state index in [4.69, 9.17) is 21.1 Å². The van der Waals surface area contributed by atoms with Crippen molar-refractivity contribution in [1.29, 1.82) is 0 Å². The summed E-state index contributed by atoms with van der Waals surface area (Å²) < 4.78 is 11.7. The van der Waals surface area contributed by atoms with Gasteiger partial charge < -0.3 is 14.4 Å². The summed E-state index contributed by atoms with van der Waals surface area (Å²) in [6, 6.07) is 2.04. The average Bonchev–Trinajstić information content (AvgIpc) is 2.44. The first-order chi connectivity index (χ1) is 9.15. The van der Waals surface area contributed by atoms with Crippen LogP contribution in [0.4, 0.5) is 5.82 Å². The first kappa shape index (κ1) is 15.3. The first-order valence-corrected chi connectivity index (χ1v) is 7.73. The zero-order valence-corrected chi connectivity index (χ0v) is 14.0. The molecule has 2 rings (SSSR count). The molecule has 0 amide bonds. The second-order valence-electron chi connectivity index (χ2n) is 4.62. The van der Waals surface area contributed by atoms with Gasteiger partial charge in [-0.05, 0) is 41.5 Å². The summed E-state index contributed by atoms with van der Waals surface area (Å²) >= 11 is 8.23. The number of halogens is 2. The fourth-order valence-corrected chi connectivity index (χ4v) is 2.98. The van der Waals surface area contributed by atoms with Gasteiger partial charge in [-0.15, -0.1) is 0 Å². The van der Waals surface area contributed by atoms with Crippen LogP contribution in [0.25, 0.3) is 0 Å². The smallest absolute Gasteiger partial charge is 0.159 e. The summed E-state index contributed by atoms with van der Waals surface area (Å²) in [7, 11) is 3.40. The van der Waals surface area contributed by atoms with Crippen LogP contribution in [0.1, 0.15) is 12.8 Å². The second kappa shape index (κ2) is 7.06. The van der Waals surface area contributed by atoms with Crippen molar-refractivity contribution in [3.63, 3.8) is 0 Å². The molecule has 0 saturated carbocycles. The van der Waals surface area contributed by atoms with E-state index < -0.39 is 0 Å². The number of rotatable bonds is 4. The SMILES string of the molecule is COC(OC)C1CCN(c2cc(I)c(Cl)cn2)CC1. The molecule has 0 aromatic carbocycles. The Balaban J connectivity index is 1.97. The molecule has 0 atom stereocenters. The Morgan fingerprint density at radius 2 is 2.00 bits per heavy atom. The number of hydrogen-bond donors (Lipinski definition) is 0. The Hall–Kier alpha value is -0.110. The lowest BCUT2D eigenvalue weighted by Crippen LogP contribution is -2.39. The molecule has 0 spiro atoms. The van der Waals surface area contributed by atoms with E-state index in [1.54, 1.807) is 20.4 Å². The van der Waals surface area contributed by atoms with Gasteiger partial charge in [0.25, 0.3) is 0 Å². The molecule has 2 heterocycles. The molecule has 106 valence electrons. The highest BCUT2D eigenvalue weighted by Crippen LogP contribution is 2.28. The van der Waals surface area contributed by atoms with Gasteiger partial charge in [-0.2, -0.15) is 0 Å². The number of ether oxygens (including phenoxy) is 2. The summed E-state index contributed by atoms with van der Waals surface area (Å²) in [5.74, 6) is 1.45. The molecule has 1 aromatic heterocycles. The van der Waals surface area contributed by atoms with Crippen LogP contribution >= 0.6 is 34.2 Å².